The Kier molecular flexibility index (Phi) is 2.09. The summed E-state index contributed by atoms with van der Waals surface area (Å²) in [7, 11) is 0. The average molecular weight is 218 g/mol. The first kappa shape index (κ1) is 9.63. The highest BCUT2D eigenvalue weighted by Gasteiger charge is 2.39. The Balaban J connectivity index is 1.97. The predicted octanol–water partition coefficient (Wildman–Crippen LogP) is 1.77. The van der Waals surface area contributed by atoms with Crippen molar-refractivity contribution < 1.29 is 9.90 Å². The van der Waals surface area contributed by atoms with E-state index in [0.29, 0.717) is 17.4 Å². The van der Waals surface area contributed by atoms with Crippen molar-refractivity contribution in [3.05, 3.63) is 23.9 Å². The number of aromatic carboxylic acids is 1. The Hall–Kier alpha value is -1.58. The van der Waals surface area contributed by atoms with E-state index in [-0.39, 0.29) is 0 Å². The molecule has 1 saturated carbocycles. The van der Waals surface area contributed by atoms with Gasteiger partial charge < -0.3 is 10.0 Å². The minimum Gasteiger partial charge on any atom is -0.478 e. The van der Waals surface area contributed by atoms with E-state index in [0.717, 1.165) is 12.5 Å². The lowest BCUT2D eigenvalue weighted by molar-refractivity contribution is 0.0697. The lowest BCUT2D eigenvalue weighted by atomic mass is 10.1. The van der Waals surface area contributed by atoms with Crippen LogP contribution in [-0.2, 0) is 0 Å². The molecule has 2 heterocycles. The van der Waals surface area contributed by atoms with Gasteiger partial charge in [0.2, 0.25) is 0 Å². The number of nitrogens with zero attached hydrogens (tertiary/aromatic N) is 2. The molecular formula is C12H14N2O2. The molecule has 1 N–H and O–H groups in total. The van der Waals surface area contributed by atoms with E-state index in [1.165, 1.54) is 19.3 Å². The number of hydrogen-bond acceptors (Lipinski definition) is 3. The fourth-order valence-corrected chi connectivity index (χ4v) is 2.98. The highest BCUT2D eigenvalue weighted by molar-refractivity contribution is 5.93. The molecule has 0 spiro atoms. The molecule has 2 atom stereocenters. The smallest absolute Gasteiger partial charge is 0.339 e. The Labute approximate surface area is 93.9 Å². The van der Waals surface area contributed by atoms with Crippen LogP contribution in [0.4, 0.5) is 5.82 Å². The monoisotopic (exact) mass is 218 g/mol. The third kappa shape index (κ3) is 1.37. The Bertz CT molecular complexity index is 433. The third-order valence-corrected chi connectivity index (χ3v) is 3.70. The number of pyridine rings is 1. The number of anilines is 1. The molecule has 0 aromatic carbocycles. The van der Waals surface area contributed by atoms with Crippen molar-refractivity contribution in [3.8, 4) is 0 Å². The number of carbonyl (C=O) groups is 1. The molecule has 0 radical (unpaired) electrons. The van der Waals surface area contributed by atoms with Gasteiger partial charge in [-0.1, -0.05) is 0 Å². The molecule has 1 aliphatic heterocycles. The molecule has 2 fully saturated rings. The van der Waals surface area contributed by atoms with Crippen LogP contribution in [0.2, 0.25) is 0 Å². The molecule has 3 rings (SSSR count). The molecule has 1 aromatic rings. The second-order valence-corrected chi connectivity index (χ2v) is 4.66. The normalized spacial score (nSPS) is 27.4. The predicted molar refractivity (Wildman–Crippen MR) is 59.7 cm³/mol. The van der Waals surface area contributed by atoms with Crippen LogP contribution < -0.4 is 4.90 Å². The van der Waals surface area contributed by atoms with E-state index in [1.807, 2.05) is 0 Å². The highest BCUT2D eigenvalue weighted by Crippen LogP contribution is 2.40. The molecular weight excluding hydrogens is 204 g/mol. The first-order valence-electron chi connectivity index (χ1n) is 5.70. The molecule has 1 saturated heterocycles. The zero-order valence-corrected chi connectivity index (χ0v) is 8.97. The zero-order valence-electron chi connectivity index (χ0n) is 8.97. The van der Waals surface area contributed by atoms with Crippen LogP contribution in [0.5, 0.6) is 0 Å². The van der Waals surface area contributed by atoms with Crippen molar-refractivity contribution in [1.29, 1.82) is 0 Å². The lowest BCUT2D eigenvalue weighted by Crippen LogP contribution is -2.33. The number of carboxylic acids is 1. The summed E-state index contributed by atoms with van der Waals surface area (Å²) in [6, 6.07) is 3.83. The number of piperidine rings is 1. The van der Waals surface area contributed by atoms with Gasteiger partial charge in [0.15, 0.2) is 0 Å². The van der Waals surface area contributed by atoms with Crippen LogP contribution in [0.3, 0.4) is 0 Å². The van der Waals surface area contributed by atoms with E-state index in [9.17, 15) is 4.79 Å². The fraction of sp³-hybridized carbons (Fsp3) is 0.500. The maximum Gasteiger partial charge on any atom is 0.339 e. The standard InChI is InChI=1S/C12H14N2O2/c15-12(16)10-2-1-5-13-11(10)14-7-8-3-4-9(14)6-8/h1-2,5,8-9H,3-4,6-7H2,(H,15,16). The van der Waals surface area contributed by atoms with E-state index in [4.69, 9.17) is 5.11 Å². The van der Waals surface area contributed by atoms with Crippen molar-refractivity contribution in [3.63, 3.8) is 0 Å². The SMILES string of the molecule is O=C(O)c1cccnc1N1CC2CCC1C2. The molecule has 4 nitrogen and oxygen atoms in total. The van der Waals surface area contributed by atoms with Gasteiger partial charge >= 0.3 is 5.97 Å². The van der Waals surface area contributed by atoms with Gasteiger partial charge in [-0.15, -0.1) is 0 Å². The molecule has 84 valence electrons. The van der Waals surface area contributed by atoms with Gasteiger partial charge in [-0.25, -0.2) is 9.78 Å². The molecule has 2 bridgehead atoms. The van der Waals surface area contributed by atoms with Crippen molar-refractivity contribution in [2.75, 3.05) is 11.4 Å². The van der Waals surface area contributed by atoms with Crippen molar-refractivity contribution in [1.82, 2.24) is 4.98 Å². The molecule has 2 unspecified atom stereocenters. The number of aromatic nitrogens is 1. The second-order valence-electron chi connectivity index (χ2n) is 4.66. The fourth-order valence-electron chi connectivity index (χ4n) is 2.98. The summed E-state index contributed by atoms with van der Waals surface area (Å²) in [5.41, 5.74) is 0.329. The Morgan fingerprint density at radius 3 is 3.00 bits per heavy atom. The Morgan fingerprint density at radius 1 is 1.50 bits per heavy atom. The van der Waals surface area contributed by atoms with Gasteiger partial charge in [-0.2, -0.15) is 0 Å². The number of carboxylic acid groups (broad SMARTS) is 1. The maximum atomic E-state index is 11.1. The quantitative estimate of drug-likeness (QED) is 0.822. The highest BCUT2D eigenvalue weighted by atomic mass is 16.4. The number of fused-ring (bicyclic) bond motifs is 2. The topological polar surface area (TPSA) is 53.4 Å². The first-order chi connectivity index (χ1) is 7.75. The summed E-state index contributed by atoms with van der Waals surface area (Å²) in [6.07, 6.45) is 5.35. The summed E-state index contributed by atoms with van der Waals surface area (Å²) < 4.78 is 0. The average Bonchev–Trinajstić information content (AvgIpc) is 2.90. The lowest BCUT2D eigenvalue weighted by Gasteiger charge is -2.28. The van der Waals surface area contributed by atoms with Gasteiger partial charge in [0.25, 0.3) is 0 Å². The largest absolute Gasteiger partial charge is 0.478 e. The third-order valence-electron chi connectivity index (χ3n) is 3.70. The van der Waals surface area contributed by atoms with Gasteiger partial charge in [-0.05, 0) is 37.3 Å². The number of rotatable bonds is 2. The minimum atomic E-state index is -0.883. The van der Waals surface area contributed by atoms with Crippen LogP contribution in [0.15, 0.2) is 18.3 Å². The van der Waals surface area contributed by atoms with Crippen LogP contribution >= 0.6 is 0 Å². The van der Waals surface area contributed by atoms with Gasteiger partial charge in [0, 0.05) is 18.8 Å². The van der Waals surface area contributed by atoms with Gasteiger partial charge in [0.05, 0.1) is 0 Å². The summed E-state index contributed by atoms with van der Waals surface area (Å²) in [4.78, 5) is 17.5. The summed E-state index contributed by atoms with van der Waals surface area (Å²) >= 11 is 0. The van der Waals surface area contributed by atoms with Crippen molar-refractivity contribution in [2.24, 2.45) is 5.92 Å². The molecule has 1 aromatic heterocycles. The van der Waals surface area contributed by atoms with Crippen LogP contribution in [0.25, 0.3) is 0 Å². The summed E-state index contributed by atoms with van der Waals surface area (Å²) in [5.74, 6) is 0.515. The summed E-state index contributed by atoms with van der Waals surface area (Å²) in [5, 5.41) is 9.13. The van der Waals surface area contributed by atoms with E-state index in [2.05, 4.69) is 9.88 Å². The van der Waals surface area contributed by atoms with Crippen LogP contribution in [0, 0.1) is 5.92 Å². The molecule has 1 aliphatic carbocycles. The van der Waals surface area contributed by atoms with Crippen molar-refractivity contribution in [2.45, 2.75) is 25.3 Å². The van der Waals surface area contributed by atoms with E-state index in [1.54, 1.807) is 18.3 Å². The first-order valence-corrected chi connectivity index (χ1v) is 5.70. The summed E-state index contributed by atoms with van der Waals surface area (Å²) in [6.45, 7) is 0.974. The molecule has 0 amide bonds. The van der Waals surface area contributed by atoms with Gasteiger partial charge in [-0.3, -0.25) is 0 Å². The van der Waals surface area contributed by atoms with Crippen LogP contribution in [-0.4, -0.2) is 28.6 Å². The van der Waals surface area contributed by atoms with Crippen LogP contribution in [0.1, 0.15) is 29.6 Å². The molecule has 16 heavy (non-hydrogen) atoms. The molecule has 2 aliphatic rings. The Morgan fingerprint density at radius 2 is 2.38 bits per heavy atom. The molecule has 4 heteroatoms. The second kappa shape index (κ2) is 3.47. The maximum absolute atomic E-state index is 11.1. The van der Waals surface area contributed by atoms with Gasteiger partial charge in [0.1, 0.15) is 11.4 Å². The van der Waals surface area contributed by atoms with E-state index >= 15 is 0 Å². The van der Waals surface area contributed by atoms with E-state index < -0.39 is 5.97 Å². The van der Waals surface area contributed by atoms with Crippen molar-refractivity contribution >= 4 is 11.8 Å². The number of hydrogen-bond donors (Lipinski definition) is 1. The zero-order chi connectivity index (χ0) is 11.1. The minimum absolute atomic E-state index is 0.329.